The van der Waals surface area contributed by atoms with Crippen LogP contribution in [0.2, 0.25) is 0 Å². The predicted molar refractivity (Wildman–Crippen MR) is 96.4 cm³/mol. The minimum Gasteiger partial charge on any atom is -0.454 e. The van der Waals surface area contributed by atoms with Gasteiger partial charge in [0, 0.05) is 29.3 Å². The van der Waals surface area contributed by atoms with E-state index in [0.29, 0.717) is 12.0 Å². The van der Waals surface area contributed by atoms with Gasteiger partial charge in [-0.2, -0.15) is 23.5 Å². The molecule has 1 unspecified atom stereocenters. The molecule has 2 atom stereocenters. The van der Waals surface area contributed by atoms with Crippen LogP contribution in [0.15, 0.2) is 12.1 Å². The van der Waals surface area contributed by atoms with E-state index in [9.17, 15) is 0 Å². The lowest BCUT2D eigenvalue weighted by molar-refractivity contribution is 0.173. The summed E-state index contributed by atoms with van der Waals surface area (Å²) in [5.41, 5.74) is 2.50. The molecule has 2 aliphatic heterocycles. The van der Waals surface area contributed by atoms with Crippen LogP contribution >= 0.6 is 23.5 Å². The van der Waals surface area contributed by atoms with Gasteiger partial charge in [0.25, 0.3) is 0 Å². The van der Waals surface area contributed by atoms with Crippen LogP contribution in [0.3, 0.4) is 0 Å². The zero-order valence-electron chi connectivity index (χ0n) is 13.4. The fourth-order valence-electron chi connectivity index (χ4n) is 2.89. The molecule has 0 amide bonds. The Balaban J connectivity index is 1.41. The number of aryl methyl sites for hydroxylation is 1. The molecule has 1 fully saturated rings. The summed E-state index contributed by atoms with van der Waals surface area (Å²) in [5.74, 6) is 4.19. The Morgan fingerprint density at radius 1 is 1.41 bits per heavy atom. The average molecular weight is 340 g/mol. The smallest absolute Gasteiger partial charge is 0.231 e. The van der Waals surface area contributed by atoms with E-state index >= 15 is 0 Å². The van der Waals surface area contributed by atoms with Gasteiger partial charge in [-0.15, -0.1) is 0 Å². The number of thioether (sulfide) groups is 2. The molecule has 122 valence electrons. The largest absolute Gasteiger partial charge is 0.454 e. The molecule has 3 nitrogen and oxygen atoms in total. The summed E-state index contributed by atoms with van der Waals surface area (Å²) in [7, 11) is 0. The zero-order chi connectivity index (χ0) is 15.4. The lowest BCUT2D eigenvalue weighted by Crippen LogP contribution is -2.28. The Kier molecular flexibility index (Phi) is 5.83. The molecule has 0 saturated carbocycles. The molecule has 3 rings (SSSR count). The van der Waals surface area contributed by atoms with E-state index in [-0.39, 0.29) is 0 Å². The van der Waals surface area contributed by atoms with Crippen LogP contribution in [0, 0.1) is 6.92 Å². The molecule has 2 heterocycles. The van der Waals surface area contributed by atoms with E-state index in [0.717, 1.165) is 29.0 Å². The molecule has 0 aliphatic carbocycles. The topological polar surface area (TPSA) is 30.5 Å². The molecule has 5 heteroatoms. The summed E-state index contributed by atoms with van der Waals surface area (Å²) < 4.78 is 11.0. The standard InChI is InChI=1S/C17H25NO2S2/c1-12-6-14(7-16-17(12)20-11-19-16)10-22-13(2)8-18-9-15-4-3-5-21-15/h6-7,13,15,18H,3-5,8-11H2,1-2H3/t13-,15?/m1/s1. The van der Waals surface area contributed by atoms with Crippen LogP contribution in [-0.2, 0) is 5.75 Å². The zero-order valence-corrected chi connectivity index (χ0v) is 15.0. The number of nitrogens with one attached hydrogen (secondary N) is 1. The van der Waals surface area contributed by atoms with Crippen molar-refractivity contribution in [3.63, 3.8) is 0 Å². The Bertz CT molecular complexity index is 504. The first-order chi connectivity index (χ1) is 10.7. The molecule has 0 aromatic heterocycles. The first-order valence-corrected chi connectivity index (χ1v) is 10.1. The first kappa shape index (κ1) is 16.3. The van der Waals surface area contributed by atoms with E-state index in [2.05, 4.69) is 43.1 Å². The Morgan fingerprint density at radius 2 is 2.32 bits per heavy atom. The van der Waals surface area contributed by atoms with Crippen molar-refractivity contribution >= 4 is 23.5 Å². The molecule has 1 N–H and O–H groups in total. The third-order valence-corrected chi connectivity index (χ3v) is 6.71. The highest BCUT2D eigenvalue weighted by atomic mass is 32.2. The van der Waals surface area contributed by atoms with Crippen LogP contribution < -0.4 is 14.8 Å². The van der Waals surface area contributed by atoms with E-state index in [1.54, 1.807) is 0 Å². The fraction of sp³-hybridized carbons (Fsp3) is 0.647. The van der Waals surface area contributed by atoms with Gasteiger partial charge < -0.3 is 14.8 Å². The molecule has 0 bridgehead atoms. The third-order valence-electron chi connectivity index (χ3n) is 4.08. The summed E-state index contributed by atoms with van der Waals surface area (Å²) in [4.78, 5) is 0. The van der Waals surface area contributed by atoms with Crippen LogP contribution in [0.4, 0.5) is 0 Å². The maximum absolute atomic E-state index is 5.50. The highest BCUT2D eigenvalue weighted by Gasteiger charge is 2.18. The van der Waals surface area contributed by atoms with Crippen LogP contribution in [0.25, 0.3) is 0 Å². The van der Waals surface area contributed by atoms with E-state index in [1.807, 2.05) is 11.8 Å². The molecular weight excluding hydrogens is 314 g/mol. The SMILES string of the molecule is Cc1cc(CS[C@H](C)CNCC2CCCS2)cc2c1OCO2. The molecular formula is C17H25NO2S2. The number of hydrogen-bond acceptors (Lipinski definition) is 5. The average Bonchev–Trinajstić information content (AvgIpc) is 3.16. The van der Waals surface area contributed by atoms with Crippen molar-refractivity contribution in [1.82, 2.24) is 5.32 Å². The Morgan fingerprint density at radius 3 is 3.14 bits per heavy atom. The molecule has 1 aromatic carbocycles. The Labute approximate surface area is 141 Å². The van der Waals surface area contributed by atoms with Crippen molar-refractivity contribution in [3.05, 3.63) is 23.3 Å². The van der Waals surface area contributed by atoms with Gasteiger partial charge >= 0.3 is 0 Å². The highest BCUT2D eigenvalue weighted by Crippen LogP contribution is 2.37. The van der Waals surface area contributed by atoms with Crippen molar-refractivity contribution in [3.8, 4) is 11.5 Å². The van der Waals surface area contributed by atoms with Crippen molar-refractivity contribution in [2.24, 2.45) is 0 Å². The van der Waals surface area contributed by atoms with Gasteiger partial charge in [-0.1, -0.05) is 13.0 Å². The van der Waals surface area contributed by atoms with Crippen LogP contribution in [0.5, 0.6) is 11.5 Å². The summed E-state index contributed by atoms with van der Waals surface area (Å²) in [6.45, 7) is 7.00. The second-order valence-corrected chi connectivity index (χ2v) is 8.90. The minimum absolute atomic E-state index is 0.353. The third kappa shape index (κ3) is 4.27. The molecule has 2 aliphatic rings. The van der Waals surface area contributed by atoms with E-state index in [1.165, 1.54) is 36.3 Å². The lowest BCUT2D eigenvalue weighted by Gasteiger charge is -2.15. The number of hydrogen-bond donors (Lipinski definition) is 1. The predicted octanol–water partition coefficient (Wildman–Crippen LogP) is 3.83. The number of rotatable bonds is 7. The van der Waals surface area contributed by atoms with Gasteiger partial charge in [0.1, 0.15) is 0 Å². The monoisotopic (exact) mass is 339 g/mol. The summed E-state index contributed by atoms with van der Waals surface area (Å²) >= 11 is 4.12. The maximum atomic E-state index is 5.50. The van der Waals surface area contributed by atoms with Gasteiger partial charge in [-0.25, -0.2) is 0 Å². The van der Waals surface area contributed by atoms with Crippen molar-refractivity contribution in [1.29, 1.82) is 0 Å². The number of benzene rings is 1. The van der Waals surface area contributed by atoms with Crippen molar-refractivity contribution in [2.45, 2.75) is 42.9 Å². The van der Waals surface area contributed by atoms with Gasteiger partial charge in [0.15, 0.2) is 11.5 Å². The summed E-state index contributed by atoms with van der Waals surface area (Å²) in [6, 6.07) is 4.34. The fourth-order valence-corrected chi connectivity index (χ4v) is 5.01. The second kappa shape index (κ2) is 7.84. The highest BCUT2D eigenvalue weighted by molar-refractivity contribution is 8.00. The number of ether oxygens (including phenoxy) is 2. The normalized spacial score (nSPS) is 21.3. The molecule has 22 heavy (non-hydrogen) atoms. The number of fused-ring (bicyclic) bond motifs is 1. The van der Waals surface area contributed by atoms with Gasteiger partial charge in [-0.3, -0.25) is 0 Å². The molecule has 0 radical (unpaired) electrons. The van der Waals surface area contributed by atoms with Crippen LogP contribution in [-0.4, -0.2) is 36.1 Å². The summed E-state index contributed by atoms with van der Waals surface area (Å²) in [6.07, 6.45) is 2.78. The van der Waals surface area contributed by atoms with Gasteiger partial charge in [0.05, 0.1) is 0 Å². The minimum atomic E-state index is 0.353. The van der Waals surface area contributed by atoms with Crippen molar-refractivity contribution in [2.75, 3.05) is 25.6 Å². The maximum Gasteiger partial charge on any atom is 0.231 e. The van der Waals surface area contributed by atoms with Gasteiger partial charge in [-0.05, 0) is 42.7 Å². The molecule has 0 spiro atoms. The Hall–Kier alpha value is -0.520. The molecule has 1 aromatic rings. The summed E-state index contributed by atoms with van der Waals surface area (Å²) in [5, 5.41) is 5.09. The van der Waals surface area contributed by atoms with E-state index in [4.69, 9.17) is 9.47 Å². The van der Waals surface area contributed by atoms with Crippen LogP contribution in [0.1, 0.15) is 30.9 Å². The second-order valence-electron chi connectivity index (χ2n) is 6.06. The van der Waals surface area contributed by atoms with Crippen molar-refractivity contribution < 1.29 is 9.47 Å². The lowest BCUT2D eigenvalue weighted by atomic mass is 10.1. The first-order valence-electron chi connectivity index (χ1n) is 8.05. The van der Waals surface area contributed by atoms with Gasteiger partial charge in [0.2, 0.25) is 6.79 Å². The molecule has 1 saturated heterocycles. The quantitative estimate of drug-likeness (QED) is 0.816. The van der Waals surface area contributed by atoms with E-state index < -0.39 is 0 Å².